The van der Waals surface area contributed by atoms with Gasteiger partial charge in [-0.1, -0.05) is 36.1 Å². The van der Waals surface area contributed by atoms with Crippen LogP contribution in [0.25, 0.3) is 6.08 Å². The molecule has 3 rings (SSSR count). The van der Waals surface area contributed by atoms with E-state index in [1.807, 2.05) is 0 Å². The minimum absolute atomic E-state index is 0.00732. The van der Waals surface area contributed by atoms with Crippen LogP contribution in [0.5, 0.6) is 11.5 Å². The molecule has 2 N–H and O–H groups in total. The van der Waals surface area contributed by atoms with Crippen molar-refractivity contribution in [2.75, 3.05) is 26.1 Å². The number of nitrogens with zero attached hydrogens (tertiary/aromatic N) is 1. The lowest BCUT2D eigenvalue weighted by Gasteiger charge is -2.14. The lowest BCUT2D eigenvalue weighted by molar-refractivity contribution is -0.122. The van der Waals surface area contributed by atoms with Gasteiger partial charge in [-0.3, -0.25) is 14.5 Å². The molecule has 0 saturated carbocycles. The Bertz CT molecular complexity index is 1120. The maximum absolute atomic E-state index is 12.8. The van der Waals surface area contributed by atoms with Gasteiger partial charge in [0, 0.05) is 18.7 Å². The number of hydrogen-bond donors (Lipinski definition) is 2. The third kappa shape index (κ3) is 5.45. The van der Waals surface area contributed by atoms with Crippen LogP contribution in [-0.4, -0.2) is 52.9 Å². The number of amides is 2. The van der Waals surface area contributed by atoms with Crippen molar-refractivity contribution in [3.05, 3.63) is 58.5 Å². The molecule has 1 heterocycles. The van der Waals surface area contributed by atoms with Crippen molar-refractivity contribution in [3.8, 4) is 11.5 Å². The molecule has 0 unspecified atom stereocenters. The van der Waals surface area contributed by atoms with Crippen LogP contribution in [0.2, 0.25) is 0 Å². The van der Waals surface area contributed by atoms with Gasteiger partial charge in [-0.05, 0) is 42.0 Å². The van der Waals surface area contributed by atoms with Crippen LogP contribution >= 0.6 is 24.0 Å². The smallest absolute Gasteiger partial charge is 0.335 e. The quantitative estimate of drug-likeness (QED) is 0.443. The Hall–Kier alpha value is -3.37. The number of rotatable bonds is 8. The van der Waals surface area contributed by atoms with E-state index >= 15 is 0 Å². The van der Waals surface area contributed by atoms with E-state index in [1.54, 1.807) is 43.5 Å². The summed E-state index contributed by atoms with van der Waals surface area (Å²) in [5.74, 6) is -0.599. The fourth-order valence-corrected chi connectivity index (χ4v) is 4.26. The standard InChI is InChI=1S/C22H20N2O6S2/c1-29-16-7-6-13(10-17(16)30-2)11-18-20(26)24(22(31)32-18)9-8-19(25)23-15-5-3-4-14(12-15)21(27)28/h3-7,10-12H,8-9H2,1-2H3,(H,23,25)(H,27,28). The van der Waals surface area contributed by atoms with Crippen molar-refractivity contribution >= 4 is 57.8 Å². The Labute approximate surface area is 194 Å². The number of benzene rings is 2. The van der Waals surface area contributed by atoms with Crippen molar-refractivity contribution in [3.63, 3.8) is 0 Å². The highest BCUT2D eigenvalue weighted by Gasteiger charge is 2.32. The van der Waals surface area contributed by atoms with Crippen molar-refractivity contribution in [1.82, 2.24) is 4.90 Å². The summed E-state index contributed by atoms with van der Waals surface area (Å²) < 4.78 is 10.9. The predicted molar refractivity (Wildman–Crippen MR) is 126 cm³/mol. The second-order valence-corrected chi connectivity index (χ2v) is 8.31. The van der Waals surface area contributed by atoms with E-state index in [0.717, 1.165) is 17.3 Å². The van der Waals surface area contributed by atoms with Gasteiger partial charge in [0.25, 0.3) is 5.91 Å². The fraction of sp³-hybridized carbons (Fsp3) is 0.182. The van der Waals surface area contributed by atoms with E-state index in [9.17, 15) is 14.4 Å². The minimum Gasteiger partial charge on any atom is -0.493 e. The molecule has 10 heteroatoms. The second kappa shape index (κ2) is 10.3. The summed E-state index contributed by atoms with van der Waals surface area (Å²) in [5.41, 5.74) is 1.19. The molecule has 0 atom stereocenters. The van der Waals surface area contributed by atoms with E-state index in [4.69, 9.17) is 26.8 Å². The van der Waals surface area contributed by atoms with Crippen molar-refractivity contribution in [2.24, 2.45) is 0 Å². The Morgan fingerprint density at radius 2 is 1.91 bits per heavy atom. The first kappa shape index (κ1) is 23.3. The molecule has 32 heavy (non-hydrogen) atoms. The zero-order valence-corrected chi connectivity index (χ0v) is 18.9. The third-order valence-electron chi connectivity index (χ3n) is 4.53. The largest absolute Gasteiger partial charge is 0.493 e. The second-order valence-electron chi connectivity index (χ2n) is 6.63. The molecular formula is C22H20N2O6S2. The van der Waals surface area contributed by atoms with Gasteiger partial charge in [0.1, 0.15) is 4.32 Å². The summed E-state index contributed by atoms with van der Waals surface area (Å²) in [6.45, 7) is 0.110. The molecule has 0 aliphatic carbocycles. The van der Waals surface area contributed by atoms with Crippen LogP contribution in [-0.2, 0) is 9.59 Å². The van der Waals surface area contributed by atoms with Crippen molar-refractivity contribution < 1.29 is 29.0 Å². The molecular weight excluding hydrogens is 452 g/mol. The fourth-order valence-electron chi connectivity index (χ4n) is 2.95. The van der Waals surface area contributed by atoms with E-state index in [2.05, 4.69) is 5.32 Å². The summed E-state index contributed by atoms with van der Waals surface area (Å²) in [6.07, 6.45) is 1.71. The summed E-state index contributed by atoms with van der Waals surface area (Å²) >= 11 is 6.47. The number of nitrogens with one attached hydrogen (secondary N) is 1. The lowest BCUT2D eigenvalue weighted by atomic mass is 10.2. The van der Waals surface area contributed by atoms with Crippen molar-refractivity contribution in [1.29, 1.82) is 0 Å². The Balaban J connectivity index is 1.64. The number of carboxylic acid groups (broad SMARTS) is 1. The number of anilines is 1. The van der Waals surface area contributed by atoms with Gasteiger partial charge >= 0.3 is 5.97 Å². The topological polar surface area (TPSA) is 105 Å². The minimum atomic E-state index is -1.08. The molecule has 0 bridgehead atoms. The number of carboxylic acids is 1. The van der Waals surface area contributed by atoms with Crippen LogP contribution in [0.4, 0.5) is 5.69 Å². The van der Waals surface area contributed by atoms with Gasteiger partial charge < -0.3 is 19.9 Å². The summed E-state index contributed by atoms with van der Waals surface area (Å²) in [5, 5.41) is 11.7. The number of aromatic carboxylic acids is 1. The molecule has 0 radical (unpaired) electrons. The first-order valence-corrected chi connectivity index (χ1v) is 10.7. The molecule has 2 aromatic rings. The number of hydrogen-bond acceptors (Lipinski definition) is 7. The molecule has 1 saturated heterocycles. The van der Waals surface area contributed by atoms with Gasteiger partial charge in [-0.15, -0.1) is 0 Å². The number of carbonyl (C=O) groups is 3. The highest BCUT2D eigenvalue weighted by molar-refractivity contribution is 8.26. The zero-order valence-electron chi connectivity index (χ0n) is 17.3. The van der Waals surface area contributed by atoms with E-state index in [-0.39, 0.29) is 30.3 Å². The number of thioether (sulfide) groups is 1. The van der Waals surface area contributed by atoms with E-state index in [1.165, 1.54) is 24.1 Å². The predicted octanol–water partition coefficient (Wildman–Crippen LogP) is 3.63. The van der Waals surface area contributed by atoms with Crippen LogP contribution < -0.4 is 14.8 Å². The number of ether oxygens (including phenoxy) is 2. The molecule has 8 nitrogen and oxygen atoms in total. The van der Waals surface area contributed by atoms with Crippen LogP contribution in [0.1, 0.15) is 22.3 Å². The molecule has 0 spiro atoms. The van der Waals surface area contributed by atoms with Gasteiger partial charge in [-0.25, -0.2) is 4.79 Å². The average molecular weight is 473 g/mol. The SMILES string of the molecule is COc1ccc(C=C2SC(=S)N(CCC(=O)Nc3cccc(C(=O)O)c3)C2=O)cc1OC. The monoisotopic (exact) mass is 472 g/mol. The Kier molecular flexibility index (Phi) is 7.49. The summed E-state index contributed by atoms with van der Waals surface area (Å²) in [4.78, 5) is 37.9. The molecule has 2 aromatic carbocycles. The van der Waals surface area contributed by atoms with Gasteiger partial charge in [0.2, 0.25) is 5.91 Å². The van der Waals surface area contributed by atoms with Crippen LogP contribution in [0.3, 0.4) is 0 Å². The number of thiocarbonyl (C=S) groups is 1. The lowest BCUT2D eigenvalue weighted by Crippen LogP contribution is -2.31. The number of carbonyl (C=O) groups excluding carboxylic acids is 2. The molecule has 1 fully saturated rings. The summed E-state index contributed by atoms with van der Waals surface area (Å²) in [7, 11) is 3.08. The van der Waals surface area contributed by atoms with Gasteiger partial charge in [0.05, 0.1) is 24.7 Å². The summed E-state index contributed by atoms with van der Waals surface area (Å²) in [6, 6.07) is 11.2. The van der Waals surface area contributed by atoms with Gasteiger partial charge in [-0.2, -0.15) is 0 Å². The Morgan fingerprint density at radius 1 is 1.16 bits per heavy atom. The van der Waals surface area contributed by atoms with E-state index < -0.39 is 5.97 Å². The number of methoxy groups -OCH3 is 2. The maximum atomic E-state index is 12.8. The highest BCUT2D eigenvalue weighted by atomic mass is 32.2. The molecule has 2 amide bonds. The molecule has 0 aromatic heterocycles. The third-order valence-corrected chi connectivity index (χ3v) is 5.91. The molecule has 166 valence electrons. The Morgan fingerprint density at radius 3 is 2.59 bits per heavy atom. The first-order chi connectivity index (χ1) is 15.3. The van der Waals surface area contributed by atoms with E-state index in [0.29, 0.717) is 26.4 Å². The van der Waals surface area contributed by atoms with Gasteiger partial charge in [0.15, 0.2) is 11.5 Å². The first-order valence-electron chi connectivity index (χ1n) is 9.43. The average Bonchev–Trinajstić information content (AvgIpc) is 3.04. The highest BCUT2D eigenvalue weighted by Crippen LogP contribution is 2.34. The van der Waals surface area contributed by atoms with Crippen LogP contribution in [0, 0.1) is 0 Å². The normalized spacial score (nSPS) is 14.6. The zero-order chi connectivity index (χ0) is 23.3. The molecule has 1 aliphatic heterocycles. The van der Waals surface area contributed by atoms with Crippen molar-refractivity contribution in [2.45, 2.75) is 6.42 Å². The van der Waals surface area contributed by atoms with Crippen LogP contribution in [0.15, 0.2) is 47.4 Å². The maximum Gasteiger partial charge on any atom is 0.335 e. The molecule has 1 aliphatic rings.